The van der Waals surface area contributed by atoms with Crippen LogP contribution in [0.25, 0.3) is 0 Å². The predicted molar refractivity (Wildman–Crippen MR) is 50.7 cm³/mol. The number of anilines is 1. The number of amides is 1. The van der Waals surface area contributed by atoms with Crippen LogP contribution >= 0.6 is 0 Å². The largest absolute Gasteiger partial charge is 0.463 e. The molecular formula is C10H6F7NO. The molecule has 1 aromatic carbocycles. The van der Waals surface area contributed by atoms with E-state index in [4.69, 9.17) is 0 Å². The van der Waals surface area contributed by atoms with Gasteiger partial charge in [-0.1, -0.05) is 6.07 Å². The number of hydrogen-bond donors (Lipinski definition) is 1. The van der Waals surface area contributed by atoms with E-state index < -0.39 is 35.3 Å². The van der Waals surface area contributed by atoms with Crippen LogP contribution in [0.5, 0.6) is 0 Å². The van der Waals surface area contributed by atoms with Crippen molar-refractivity contribution in [2.75, 3.05) is 5.32 Å². The maximum absolute atomic E-state index is 13.3. The molecular weight excluding hydrogens is 283 g/mol. The number of benzene rings is 1. The average Bonchev–Trinajstić information content (AvgIpc) is 2.27. The summed E-state index contributed by atoms with van der Waals surface area (Å²) in [6, 6.07) is 1.56. The molecule has 1 aromatic rings. The maximum Gasteiger partial charge on any atom is 0.463 e. The standard InChI is InChI=1S/C10H6F7NO/c1-4-2-3-5(11)7(6(4)12)18-8(19)9(13,14)10(15,16)17/h2-3H,1H3,(H,18,19). The van der Waals surface area contributed by atoms with Crippen molar-refractivity contribution >= 4 is 11.6 Å². The van der Waals surface area contributed by atoms with Gasteiger partial charge in [0.25, 0.3) is 0 Å². The Hall–Kier alpha value is -1.80. The molecule has 0 heterocycles. The number of halogens is 7. The lowest BCUT2D eigenvalue weighted by molar-refractivity contribution is -0.267. The van der Waals surface area contributed by atoms with Crippen molar-refractivity contribution in [2.24, 2.45) is 0 Å². The van der Waals surface area contributed by atoms with Gasteiger partial charge in [0.1, 0.15) is 11.5 Å². The zero-order valence-corrected chi connectivity index (χ0v) is 9.21. The number of rotatable bonds is 2. The lowest BCUT2D eigenvalue weighted by Crippen LogP contribution is -2.47. The molecule has 0 saturated heterocycles. The van der Waals surface area contributed by atoms with E-state index in [9.17, 15) is 35.5 Å². The van der Waals surface area contributed by atoms with Gasteiger partial charge in [0.05, 0.1) is 0 Å². The van der Waals surface area contributed by atoms with E-state index in [0.29, 0.717) is 6.07 Å². The second-order valence-electron chi connectivity index (χ2n) is 3.58. The van der Waals surface area contributed by atoms with Crippen molar-refractivity contribution in [1.82, 2.24) is 0 Å². The summed E-state index contributed by atoms with van der Waals surface area (Å²) in [6.45, 7) is 1.12. The van der Waals surface area contributed by atoms with E-state index in [1.54, 1.807) is 0 Å². The Bertz CT molecular complexity index is 509. The Morgan fingerprint density at radius 2 is 1.63 bits per heavy atom. The summed E-state index contributed by atoms with van der Waals surface area (Å²) in [5, 5.41) is 0.907. The molecule has 0 fully saturated rings. The van der Waals surface area contributed by atoms with Gasteiger partial charge in [0.15, 0.2) is 5.82 Å². The van der Waals surface area contributed by atoms with Crippen LogP contribution < -0.4 is 5.32 Å². The molecule has 2 nitrogen and oxygen atoms in total. The number of carbonyl (C=O) groups is 1. The molecule has 0 radical (unpaired) electrons. The van der Waals surface area contributed by atoms with Gasteiger partial charge >= 0.3 is 18.0 Å². The molecule has 0 aliphatic carbocycles. The first-order valence-electron chi connectivity index (χ1n) is 4.69. The smallest absolute Gasteiger partial charge is 0.316 e. The van der Waals surface area contributed by atoms with Crippen molar-refractivity contribution in [3.8, 4) is 0 Å². The van der Waals surface area contributed by atoms with Crippen LogP contribution in [0.15, 0.2) is 12.1 Å². The third-order valence-electron chi connectivity index (χ3n) is 2.16. The van der Waals surface area contributed by atoms with Gasteiger partial charge in [-0.05, 0) is 18.6 Å². The van der Waals surface area contributed by atoms with Crippen LogP contribution in [-0.4, -0.2) is 18.0 Å². The summed E-state index contributed by atoms with van der Waals surface area (Å²) in [4.78, 5) is 10.8. The summed E-state index contributed by atoms with van der Waals surface area (Å²) in [5.74, 6) is -11.5. The minimum atomic E-state index is -6.16. The second-order valence-corrected chi connectivity index (χ2v) is 3.58. The van der Waals surface area contributed by atoms with E-state index in [2.05, 4.69) is 0 Å². The summed E-state index contributed by atoms with van der Waals surface area (Å²) < 4.78 is 87.2. The normalized spacial score (nSPS) is 12.4. The second kappa shape index (κ2) is 4.71. The molecule has 0 aliphatic heterocycles. The highest BCUT2D eigenvalue weighted by atomic mass is 19.4. The fraction of sp³-hybridized carbons (Fsp3) is 0.300. The molecule has 0 aliphatic rings. The van der Waals surface area contributed by atoms with Gasteiger partial charge in [-0.2, -0.15) is 22.0 Å². The van der Waals surface area contributed by atoms with Crippen molar-refractivity contribution in [3.63, 3.8) is 0 Å². The van der Waals surface area contributed by atoms with Crippen LogP contribution in [0.4, 0.5) is 36.4 Å². The first-order valence-corrected chi connectivity index (χ1v) is 4.69. The molecule has 9 heteroatoms. The molecule has 1 N–H and O–H groups in total. The Kier molecular flexibility index (Phi) is 3.78. The van der Waals surface area contributed by atoms with Gasteiger partial charge in [0, 0.05) is 0 Å². The zero-order valence-electron chi connectivity index (χ0n) is 9.21. The van der Waals surface area contributed by atoms with Crippen LogP contribution in [0.1, 0.15) is 5.56 Å². The molecule has 0 spiro atoms. The molecule has 19 heavy (non-hydrogen) atoms. The lowest BCUT2D eigenvalue weighted by atomic mass is 10.2. The summed E-state index contributed by atoms with van der Waals surface area (Å²) in [7, 11) is 0. The molecule has 0 bridgehead atoms. The van der Waals surface area contributed by atoms with Crippen LogP contribution in [0.3, 0.4) is 0 Å². The fourth-order valence-corrected chi connectivity index (χ4v) is 1.09. The van der Waals surface area contributed by atoms with Crippen LogP contribution in [0, 0.1) is 18.6 Å². The number of nitrogens with one attached hydrogen (secondary N) is 1. The lowest BCUT2D eigenvalue weighted by Gasteiger charge is -2.19. The van der Waals surface area contributed by atoms with Crippen LogP contribution in [0.2, 0.25) is 0 Å². The number of aryl methyl sites for hydroxylation is 1. The topological polar surface area (TPSA) is 29.1 Å². The monoisotopic (exact) mass is 289 g/mol. The maximum atomic E-state index is 13.3. The number of carbonyl (C=O) groups excluding carboxylic acids is 1. The third-order valence-corrected chi connectivity index (χ3v) is 2.16. The highest BCUT2D eigenvalue weighted by Crippen LogP contribution is 2.36. The molecule has 106 valence electrons. The quantitative estimate of drug-likeness (QED) is 0.831. The molecule has 0 unspecified atom stereocenters. The van der Waals surface area contributed by atoms with Gasteiger partial charge in [-0.25, -0.2) is 8.78 Å². The van der Waals surface area contributed by atoms with E-state index in [0.717, 1.165) is 18.3 Å². The van der Waals surface area contributed by atoms with Gasteiger partial charge in [0.2, 0.25) is 0 Å². The Morgan fingerprint density at radius 1 is 1.11 bits per heavy atom. The zero-order chi connectivity index (χ0) is 15.0. The van der Waals surface area contributed by atoms with Gasteiger partial charge < -0.3 is 5.32 Å². The first-order chi connectivity index (χ1) is 8.48. The van der Waals surface area contributed by atoms with Crippen LogP contribution in [-0.2, 0) is 4.79 Å². The first kappa shape index (κ1) is 15.3. The Morgan fingerprint density at radius 3 is 2.11 bits per heavy atom. The average molecular weight is 289 g/mol. The Labute approximate surface area is 102 Å². The predicted octanol–water partition coefficient (Wildman–Crippen LogP) is 3.41. The molecule has 0 aromatic heterocycles. The van der Waals surface area contributed by atoms with Crippen molar-refractivity contribution in [3.05, 3.63) is 29.3 Å². The van der Waals surface area contributed by atoms with E-state index >= 15 is 0 Å². The summed E-state index contributed by atoms with van der Waals surface area (Å²) >= 11 is 0. The summed E-state index contributed by atoms with van der Waals surface area (Å²) in [5.41, 5.74) is -1.58. The van der Waals surface area contributed by atoms with E-state index in [1.165, 1.54) is 0 Å². The minimum Gasteiger partial charge on any atom is -0.316 e. The van der Waals surface area contributed by atoms with Crippen molar-refractivity contribution in [2.45, 2.75) is 19.0 Å². The van der Waals surface area contributed by atoms with Crippen molar-refractivity contribution < 1.29 is 35.5 Å². The third kappa shape index (κ3) is 2.79. The SMILES string of the molecule is Cc1ccc(F)c(NC(=O)C(F)(F)C(F)(F)F)c1F. The van der Waals surface area contributed by atoms with Gasteiger partial charge in [-0.15, -0.1) is 0 Å². The van der Waals surface area contributed by atoms with E-state index in [1.807, 2.05) is 0 Å². The number of alkyl halides is 5. The molecule has 0 saturated carbocycles. The van der Waals surface area contributed by atoms with Gasteiger partial charge in [-0.3, -0.25) is 4.79 Å². The highest BCUT2D eigenvalue weighted by Gasteiger charge is 2.63. The minimum absolute atomic E-state index is 0.230. The molecule has 1 amide bonds. The molecule has 0 atom stereocenters. The van der Waals surface area contributed by atoms with Crippen molar-refractivity contribution in [1.29, 1.82) is 0 Å². The fourth-order valence-electron chi connectivity index (χ4n) is 1.09. The van der Waals surface area contributed by atoms with E-state index in [-0.39, 0.29) is 5.56 Å². The number of hydrogen-bond acceptors (Lipinski definition) is 1. The molecule has 1 rings (SSSR count). The Balaban J connectivity index is 3.12. The highest BCUT2D eigenvalue weighted by molar-refractivity contribution is 5.97. The summed E-state index contributed by atoms with van der Waals surface area (Å²) in [6.07, 6.45) is -6.16.